The van der Waals surface area contributed by atoms with Gasteiger partial charge < -0.3 is 0 Å². The largest absolute Gasteiger partial charge is 0.245 e. The number of hydrogen-bond acceptors (Lipinski definition) is 4. The molecule has 0 atom stereocenters. The first-order valence-electron chi connectivity index (χ1n) is 5.43. The summed E-state index contributed by atoms with van der Waals surface area (Å²) in [6.07, 6.45) is 7.71. The summed E-state index contributed by atoms with van der Waals surface area (Å²) < 4.78 is 0. The summed E-state index contributed by atoms with van der Waals surface area (Å²) in [4.78, 5) is 16.5. The van der Waals surface area contributed by atoms with E-state index in [1.165, 1.54) is 0 Å². The second-order valence-corrected chi connectivity index (χ2v) is 3.55. The van der Waals surface area contributed by atoms with Crippen LogP contribution in [0.15, 0.2) is 31.0 Å². The molecular formula is C12H14N4. The lowest BCUT2D eigenvalue weighted by atomic mass is 10.1. The molecule has 0 aliphatic rings. The fourth-order valence-corrected chi connectivity index (χ4v) is 1.50. The number of nitrogens with zero attached hydrogens (tertiary/aromatic N) is 4. The Kier molecular flexibility index (Phi) is 3.53. The van der Waals surface area contributed by atoms with Crippen LogP contribution in [0.4, 0.5) is 0 Å². The molecule has 0 saturated heterocycles. The van der Waals surface area contributed by atoms with Gasteiger partial charge in [0.2, 0.25) is 0 Å². The SMILES string of the molecule is CCc1cc(CCc2ccncn2)ncn1. The molecule has 0 bridgehead atoms. The maximum atomic E-state index is 4.25. The molecule has 2 aromatic rings. The minimum atomic E-state index is 0.892. The number of aryl methyl sites for hydroxylation is 3. The van der Waals surface area contributed by atoms with Gasteiger partial charge in [-0.15, -0.1) is 0 Å². The van der Waals surface area contributed by atoms with Gasteiger partial charge in [-0.25, -0.2) is 19.9 Å². The first-order valence-corrected chi connectivity index (χ1v) is 5.43. The summed E-state index contributed by atoms with van der Waals surface area (Å²) in [5.41, 5.74) is 3.21. The van der Waals surface area contributed by atoms with E-state index < -0.39 is 0 Å². The zero-order chi connectivity index (χ0) is 11.2. The van der Waals surface area contributed by atoms with Gasteiger partial charge in [-0.05, 0) is 31.4 Å². The molecule has 0 radical (unpaired) electrons. The summed E-state index contributed by atoms with van der Waals surface area (Å²) in [5.74, 6) is 0. The Labute approximate surface area is 94.8 Å². The molecule has 4 heteroatoms. The molecule has 82 valence electrons. The molecular weight excluding hydrogens is 200 g/mol. The molecule has 2 aromatic heterocycles. The average Bonchev–Trinajstić information content (AvgIpc) is 2.38. The van der Waals surface area contributed by atoms with Crippen LogP contribution in [0.1, 0.15) is 24.0 Å². The second kappa shape index (κ2) is 5.30. The number of hydrogen-bond donors (Lipinski definition) is 0. The van der Waals surface area contributed by atoms with Crippen molar-refractivity contribution in [1.82, 2.24) is 19.9 Å². The Morgan fingerprint density at radius 1 is 0.938 bits per heavy atom. The molecule has 0 amide bonds. The molecule has 2 heterocycles. The van der Waals surface area contributed by atoms with Crippen LogP contribution in [-0.2, 0) is 19.3 Å². The van der Waals surface area contributed by atoms with Gasteiger partial charge in [-0.3, -0.25) is 0 Å². The highest BCUT2D eigenvalue weighted by atomic mass is 14.8. The van der Waals surface area contributed by atoms with Gasteiger partial charge in [-0.1, -0.05) is 6.92 Å². The summed E-state index contributed by atoms with van der Waals surface area (Å²) in [6, 6.07) is 3.99. The van der Waals surface area contributed by atoms with E-state index in [2.05, 4.69) is 32.9 Å². The standard InChI is InChI=1S/C12H14N4/c1-2-10-7-12(16-9-15-10)4-3-11-5-6-13-8-14-11/h5-9H,2-4H2,1H3. The van der Waals surface area contributed by atoms with Gasteiger partial charge in [0.1, 0.15) is 12.7 Å². The molecule has 2 rings (SSSR count). The number of rotatable bonds is 4. The highest BCUT2D eigenvalue weighted by molar-refractivity contribution is 5.10. The van der Waals surface area contributed by atoms with E-state index in [0.717, 1.165) is 36.3 Å². The van der Waals surface area contributed by atoms with E-state index in [0.29, 0.717) is 0 Å². The highest BCUT2D eigenvalue weighted by Gasteiger charge is 1.99. The fourth-order valence-electron chi connectivity index (χ4n) is 1.50. The van der Waals surface area contributed by atoms with Crippen molar-refractivity contribution >= 4 is 0 Å². The topological polar surface area (TPSA) is 51.6 Å². The lowest BCUT2D eigenvalue weighted by Gasteiger charge is -2.01. The first-order chi connectivity index (χ1) is 7.88. The van der Waals surface area contributed by atoms with Crippen molar-refractivity contribution < 1.29 is 0 Å². The van der Waals surface area contributed by atoms with Crippen LogP contribution in [0.5, 0.6) is 0 Å². The van der Waals surface area contributed by atoms with Gasteiger partial charge in [0.05, 0.1) is 0 Å². The van der Waals surface area contributed by atoms with Gasteiger partial charge in [-0.2, -0.15) is 0 Å². The van der Waals surface area contributed by atoms with Crippen molar-refractivity contribution in [1.29, 1.82) is 0 Å². The maximum Gasteiger partial charge on any atom is 0.115 e. The third-order valence-corrected chi connectivity index (χ3v) is 2.42. The lowest BCUT2D eigenvalue weighted by molar-refractivity contribution is 0.850. The fraction of sp³-hybridized carbons (Fsp3) is 0.333. The Balaban J connectivity index is 1.99. The Morgan fingerprint density at radius 3 is 2.44 bits per heavy atom. The Hall–Kier alpha value is -1.84. The molecule has 0 aliphatic heterocycles. The van der Waals surface area contributed by atoms with Crippen LogP contribution in [0.2, 0.25) is 0 Å². The van der Waals surface area contributed by atoms with Crippen molar-refractivity contribution in [3.05, 3.63) is 48.1 Å². The van der Waals surface area contributed by atoms with Crippen LogP contribution in [0.25, 0.3) is 0 Å². The third kappa shape index (κ3) is 2.82. The maximum absolute atomic E-state index is 4.25. The van der Waals surface area contributed by atoms with Crippen molar-refractivity contribution in [2.75, 3.05) is 0 Å². The molecule has 16 heavy (non-hydrogen) atoms. The predicted octanol–water partition coefficient (Wildman–Crippen LogP) is 1.61. The van der Waals surface area contributed by atoms with E-state index in [4.69, 9.17) is 0 Å². The highest BCUT2D eigenvalue weighted by Crippen LogP contribution is 2.03. The summed E-state index contributed by atoms with van der Waals surface area (Å²) in [6.45, 7) is 2.09. The smallest absolute Gasteiger partial charge is 0.115 e. The van der Waals surface area contributed by atoms with Crippen LogP contribution in [0, 0.1) is 0 Å². The Morgan fingerprint density at radius 2 is 1.69 bits per heavy atom. The molecule has 0 fully saturated rings. The molecule has 0 aromatic carbocycles. The van der Waals surface area contributed by atoms with E-state index in [9.17, 15) is 0 Å². The zero-order valence-electron chi connectivity index (χ0n) is 9.30. The molecule has 0 saturated carbocycles. The van der Waals surface area contributed by atoms with E-state index >= 15 is 0 Å². The number of aromatic nitrogens is 4. The zero-order valence-corrected chi connectivity index (χ0v) is 9.30. The monoisotopic (exact) mass is 214 g/mol. The quantitative estimate of drug-likeness (QED) is 0.776. The average molecular weight is 214 g/mol. The first kappa shape index (κ1) is 10.7. The van der Waals surface area contributed by atoms with E-state index in [-0.39, 0.29) is 0 Å². The van der Waals surface area contributed by atoms with Gasteiger partial charge >= 0.3 is 0 Å². The summed E-state index contributed by atoms with van der Waals surface area (Å²) in [5, 5.41) is 0. The third-order valence-electron chi connectivity index (χ3n) is 2.42. The van der Waals surface area contributed by atoms with Crippen molar-refractivity contribution in [2.24, 2.45) is 0 Å². The molecule has 0 aliphatic carbocycles. The van der Waals surface area contributed by atoms with Crippen molar-refractivity contribution in [2.45, 2.75) is 26.2 Å². The van der Waals surface area contributed by atoms with Crippen LogP contribution >= 0.6 is 0 Å². The second-order valence-electron chi connectivity index (χ2n) is 3.55. The van der Waals surface area contributed by atoms with Gasteiger partial charge in [0, 0.05) is 23.3 Å². The molecule has 0 unspecified atom stereocenters. The molecule has 0 spiro atoms. The van der Waals surface area contributed by atoms with Gasteiger partial charge in [0.15, 0.2) is 0 Å². The molecule has 4 nitrogen and oxygen atoms in total. The van der Waals surface area contributed by atoms with Crippen LogP contribution < -0.4 is 0 Å². The lowest BCUT2D eigenvalue weighted by Crippen LogP contribution is -1.99. The van der Waals surface area contributed by atoms with E-state index in [1.54, 1.807) is 18.9 Å². The summed E-state index contributed by atoms with van der Waals surface area (Å²) >= 11 is 0. The minimum Gasteiger partial charge on any atom is -0.245 e. The molecule has 0 N–H and O–H groups in total. The van der Waals surface area contributed by atoms with Crippen molar-refractivity contribution in [3.63, 3.8) is 0 Å². The minimum absolute atomic E-state index is 0.892. The van der Waals surface area contributed by atoms with Gasteiger partial charge in [0.25, 0.3) is 0 Å². The Bertz CT molecular complexity index is 442. The normalized spacial score (nSPS) is 10.3. The van der Waals surface area contributed by atoms with E-state index in [1.807, 2.05) is 6.07 Å². The van der Waals surface area contributed by atoms with Crippen LogP contribution in [0.3, 0.4) is 0 Å². The van der Waals surface area contributed by atoms with Crippen molar-refractivity contribution in [3.8, 4) is 0 Å². The summed E-state index contributed by atoms with van der Waals surface area (Å²) in [7, 11) is 0. The van der Waals surface area contributed by atoms with Crippen LogP contribution in [-0.4, -0.2) is 19.9 Å². The predicted molar refractivity (Wildman–Crippen MR) is 60.9 cm³/mol.